The SMILES string of the molecule is C1=CC(c2c3c(c(-c4ccoc4)c4ccccc24)C=C2C(C3)c3cccc4c3C2Cc2ccccc2-4)CS1. The van der Waals surface area contributed by atoms with Gasteiger partial charge in [0.05, 0.1) is 12.5 Å². The fourth-order valence-electron chi connectivity index (χ4n) is 7.91. The molecule has 1 aromatic heterocycles. The van der Waals surface area contributed by atoms with Crippen LogP contribution in [0.15, 0.2) is 107 Å². The van der Waals surface area contributed by atoms with Gasteiger partial charge >= 0.3 is 0 Å². The van der Waals surface area contributed by atoms with Crippen LogP contribution in [0.3, 0.4) is 0 Å². The van der Waals surface area contributed by atoms with Crippen LogP contribution in [0, 0.1) is 0 Å². The van der Waals surface area contributed by atoms with Crippen molar-refractivity contribution in [3.8, 4) is 22.3 Å². The summed E-state index contributed by atoms with van der Waals surface area (Å²) in [6.45, 7) is 0. The van der Waals surface area contributed by atoms with E-state index in [0.29, 0.717) is 17.8 Å². The largest absolute Gasteiger partial charge is 0.472 e. The van der Waals surface area contributed by atoms with Crippen molar-refractivity contribution in [2.24, 2.45) is 0 Å². The van der Waals surface area contributed by atoms with Crippen molar-refractivity contribution in [3.05, 3.63) is 136 Å². The van der Waals surface area contributed by atoms with Crippen LogP contribution in [0.2, 0.25) is 0 Å². The van der Waals surface area contributed by atoms with Gasteiger partial charge in [-0.15, -0.1) is 11.8 Å². The predicted molar refractivity (Wildman–Crippen MR) is 159 cm³/mol. The Bertz CT molecular complexity index is 1840. The summed E-state index contributed by atoms with van der Waals surface area (Å²) in [5.41, 5.74) is 16.1. The molecule has 0 spiro atoms. The molecule has 4 aliphatic rings. The third-order valence-electron chi connectivity index (χ3n) is 9.39. The van der Waals surface area contributed by atoms with Gasteiger partial charge in [0.1, 0.15) is 0 Å². The molecule has 182 valence electrons. The van der Waals surface area contributed by atoms with E-state index in [1.807, 2.05) is 24.3 Å². The highest BCUT2D eigenvalue weighted by Gasteiger charge is 2.43. The normalized spacial score (nSPS) is 22.1. The van der Waals surface area contributed by atoms with Crippen molar-refractivity contribution < 1.29 is 4.42 Å². The second-order valence-electron chi connectivity index (χ2n) is 11.1. The van der Waals surface area contributed by atoms with Gasteiger partial charge in [-0.2, -0.15) is 0 Å². The van der Waals surface area contributed by atoms with E-state index >= 15 is 0 Å². The topological polar surface area (TPSA) is 13.1 Å². The molecule has 2 heterocycles. The fraction of sp³-hybridized carbons (Fsp3) is 0.167. The predicted octanol–water partition coefficient (Wildman–Crippen LogP) is 9.49. The lowest BCUT2D eigenvalue weighted by molar-refractivity contribution is 0.568. The van der Waals surface area contributed by atoms with E-state index in [1.165, 1.54) is 44.2 Å². The second kappa shape index (κ2) is 7.88. The molecule has 2 heteroatoms. The summed E-state index contributed by atoms with van der Waals surface area (Å²) < 4.78 is 5.65. The zero-order valence-corrected chi connectivity index (χ0v) is 21.8. The molecule has 5 aromatic rings. The lowest BCUT2D eigenvalue weighted by Crippen LogP contribution is -2.16. The molecule has 9 rings (SSSR count). The highest BCUT2D eigenvalue weighted by Crippen LogP contribution is 2.59. The van der Waals surface area contributed by atoms with Crippen molar-refractivity contribution in [3.63, 3.8) is 0 Å². The van der Waals surface area contributed by atoms with Crippen LogP contribution in [0.4, 0.5) is 0 Å². The highest BCUT2D eigenvalue weighted by atomic mass is 32.2. The molecule has 0 bridgehead atoms. The maximum absolute atomic E-state index is 5.65. The van der Waals surface area contributed by atoms with Gasteiger partial charge in [0.15, 0.2) is 0 Å². The van der Waals surface area contributed by atoms with Gasteiger partial charge in [-0.1, -0.05) is 84.5 Å². The number of rotatable bonds is 2. The van der Waals surface area contributed by atoms with Gasteiger partial charge in [-0.25, -0.2) is 0 Å². The van der Waals surface area contributed by atoms with E-state index in [-0.39, 0.29) is 0 Å². The Balaban J connectivity index is 1.36. The maximum atomic E-state index is 5.65. The molecule has 0 fully saturated rings. The number of hydrogen-bond acceptors (Lipinski definition) is 2. The Hall–Kier alpha value is -3.75. The van der Waals surface area contributed by atoms with Gasteiger partial charge in [0.25, 0.3) is 0 Å². The Morgan fingerprint density at radius 1 is 0.763 bits per heavy atom. The molecule has 38 heavy (non-hydrogen) atoms. The first-order valence-corrected chi connectivity index (χ1v) is 14.7. The van der Waals surface area contributed by atoms with Gasteiger partial charge in [0.2, 0.25) is 0 Å². The molecular formula is C36H26OS. The Labute approximate surface area is 226 Å². The van der Waals surface area contributed by atoms with E-state index in [0.717, 1.165) is 18.6 Å². The first-order valence-electron chi connectivity index (χ1n) is 13.7. The third-order valence-corrected chi connectivity index (χ3v) is 10.3. The molecule has 0 saturated carbocycles. The molecule has 3 atom stereocenters. The van der Waals surface area contributed by atoms with Gasteiger partial charge in [0, 0.05) is 34.6 Å². The summed E-state index contributed by atoms with van der Waals surface area (Å²) in [5.74, 6) is 2.49. The van der Waals surface area contributed by atoms with Crippen molar-refractivity contribution in [2.75, 3.05) is 5.75 Å². The third kappa shape index (κ3) is 2.79. The van der Waals surface area contributed by atoms with Gasteiger partial charge < -0.3 is 4.42 Å². The molecule has 4 aromatic carbocycles. The lowest BCUT2D eigenvalue weighted by atomic mass is 9.72. The highest BCUT2D eigenvalue weighted by molar-refractivity contribution is 8.02. The van der Waals surface area contributed by atoms with E-state index in [4.69, 9.17) is 4.42 Å². The average Bonchev–Trinajstić information content (AvgIpc) is 3.74. The fourth-order valence-corrected chi connectivity index (χ4v) is 8.80. The van der Waals surface area contributed by atoms with Crippen LogP contribution >= 0.6 is 11.8 Å². The van der Waals surface area contributed by atoms with E-state index in [9.17, 15) is 0 Å². The summed E-state index contributed by atoms with van der Waals surface area (Å²) in [7, 11) is 0. The minimum Gasteiger partial charge on any atom is -0.472 e. The minimum absolute atomic E-state index is 0.451. The number of hydrogen-bond donors (Lipinski definition) is 0. The van der Waals surface area contributed by atoms with Gasteiger partial charge in [-0.3, -0.25) is 0 Å². The molecular weight excluding hydrogens is 480 g/mol. The maximum Gasteiger partial charge on any atom is 0.0981 e. The van der Waals surface area contributed by atoms with Crippen molar-refractivity contribution in [2.45, 2.75) is 30.6 Å². The number of allylic oxidation sites excluding steroid dienone is 2. The molecule has 0 N–H and O–H groups in total. The Morgan fingerprint density at radius 2 is 1.63 bits per heavy atom. The first-order chi connectivity index (χ1) is 18.9. The van der Waals surface area contributed by atoms with Crippen LogP contribution in [0.25, 0.3) is 39.1 Å². The second-order valence-corrected chi connectivity index (χ2v) is 12.1. The smallest absolute Gasteiger partial charge is 0.0981 e. The Kier molecular flexibility index (Phi) is 4.40. The van der Waals surface area contributed by atoms with Crippen LogP contribution < -0.4 is 0 Å². The zero-order chi connectivity index (χ0) is 24.8. The van der Waals surface area contributed by atoms with Crippen LogP contribution in [0.1, 0.15) is 51.1 Å². The molecule has 0 amide bonds. The van der Waals surface area contributed by atoms with E-state index in [2.05, 4.69) is 90.4 Å². The minimum atomic E-state index is 0.451. The lowest BCUT2D eigenvalue weighted by Gasteiger charge is -2.31. The number of benzene rings is 4. The van der Waals surface area contributed by atoms with E-state index < -0.39 is 0 Å². The van der Waals surface area contributed by atoms with Crippen LogP contribution in [-0.2, 0) is 12.8 Å². The molecule has 0 saturated heterocycles. The molecule has 1 aliphatic heterocycles. The number of thioether (sulfide) groups is 1. The summed E-state index contributed by atoms with van der Waals surface area (Å²) >= 11 is 1.94. The summed E-state index contributed by atoms with van der Waals surface area (Å²) in [6, 6.07) is 27.3. The van der Waals surface area contributed by atoms with E-state index in [1.54, 1.807) is 27.8 Å². The number of fused-ring (bicyclic) bond motifs is 7. The van der Waals surface area contributed by atoms with Crippen LogP contribution in [-0.4, -0.2) is 5.75 Å². The van der Waals surface area contributed by atoms with Crippen molar-refractivity contribution in [1.29, 1.82) is 0 Å². The Morgan fingerprint density at radius 3 is 2.50 bits per heavy atom. The standard InChI is InChI=1S/C36H26OS/c1-2-7-24-21(6-1)16-31-30-18-32-33(17-29(30)28-11-5-10-25(24)36(28)31)35(23-13-15-38-20-23)27-9-4-3-8-26(27)34(32)22-12-14-37-19-22/h1-15,18-19,23,29,31H,16-17,20H2. The van der Waals surface area contributed by atoms with Crippen molar-refractivity contribution in [1.82, 2.24) is 0 Å². The first kappa shape index (κ1) is 21.2. The van der Waals surface area contributed by atoms with Crippen LogP contribution in [0.5, 0.6) is 0 Å². The monoisotopic (exact) mass is 506 g/mol. The number of furan rings is 1. The molecule has 3 unspecified atom stereocenters. The summed E-state index contributed by atoms with van der Waals surface area (Å²) in [4.78, 5) is 0. The van der Waals surface area contributed by atoms with Gasteiger partial charge in [-0.05, 0) is 79.6 Å². The summed E-state index contributed by atoms with van der Waals surface area (Å²) in [6.07, 6.45) is 10.9. The zero-order valence-electron chi connectivity index (χ0n) is 21.0. The molecule has 1 nitrogen and oxygen atoms in total. The average molecular weight is 507 g/mol. The summed E-state index contributed by atoms with van der Waals surface area (Å²) in [5, 5.41) is 5.04. The molecule has 0 radical (unpaired) electrons. The molecule has 3 aliphatic carbocycles. The van der Waals surface area contributed by atoms with Crippen molar-refractivity contribution >= 4 is 28.6 Å². The quantitative estimate of drug-likeness (QED) is 0.236.